The lowest BCUT2D eigenvalue weighted by Crippen LogP contribution is -2.13. The topological polar surface area (TPSA) is 62.1 Å². The molecule has 0 fully saturated rings. The van der Waals surface area contributed by atoms with Crippen LogP contribution in [0.1, 0.15) is 12.5 Å². The molecule has 0 aromatic heterocycles. The molecule has 8 heteroatoms. The van der Waals surface area contributed by atoms with Crippen molar-refractivity contribution in [1.82, 2.24) is 0 Å². The van der Waals surface area contributed by atoms with Crippen LogP contribution in [0.3, 0.4) is 0 Å². The van der Waals surface area contributed by atoms with Gasteiger partial charge in [-0.05, 0) is 80.8 Å². The lowest BCUT2D eigenvalue weighted by atomic mass is 10.1. The van der Waals surface area contributed by atoms with Crippen LogP contribution in [0.2, 0.25) is 10.0 Å². The van der Waals surface area contributed by atoms with Crippen molar-refractivity contribution in [2.75, 3.05) is 11.9 Å². The highest BCUT2D eigenvalue weighted by Gasteiger charge is 2.14. The van der Waals surface area contributed by atoms with Gasteiger partial charge in [-0.1, -0.05) is 23.2 Å². The van der Waals surface area contributed by atoms with Crippen molar-refractivity contribution in [1.29, 1.82) is 5.26 Å². The second-order valence-corrected chi connectivity index (χ2v) is 7.55. The summed E-state index contributed by atoms with van der Waals surface area (Å²) in [5.41, 5.74) is 0.902. The van der Waals surface area contributed by atoms with Gasteiger partial charge in [-0.25, -0.2) is 0 Å². The number of benzene rings is 2. The van der Waals surface area contributed by atoms with Crippen LogP contribution in [0.25, 0.3) is 6.08 Å². The predicted octanol–water partition coefficient (Wildman–Crippen LogP) is 6.46. The number of amides is 1. The third-order valence-corrected chi connectivity index (χ3v) is 4.90. The number of halogens is 4. The maximum Gasteiger partial charge on any atom is 0.266 e. The number of hydrogen-bond donors (Lipinski definition) is 1. The van der Waals surface area contributed by atoms with E-state index < -0.39 is 5.91 Å². The molecule has 4 nitrogen and oxygen atoms in total. The molecule has 2 rings (SSSR count). The fourth-order valence-electron chi connectivity index (χ4n) is 2.04. The van der Waals surface area contributed by atoms with Crippen LogP contribution in [-0.2, 0) is 4.79 Å². The molecule has 0 unspecified atom stereocenters. The normalized spacial score (nSPS) is 11.0. The third kappa shape index (κ3) is 5.24. The van der Waals surface area contributed by atoms with Crippen molar-refractivity contribution in [2.45, 2.75) is 6.92 Å². The van der Waals surface area contributed by atoms with E-state index in [-0.39, 0.29) is 5.57 Å². The van der Waals surface area contributed by atoms with Gasteiger partial charge in [0.25, 0.3) is 5.91 Å². The lowest BCUT2D eigenvalue weighted by Gasteiger charge is -2.10. The number of carbonyl (C=O) groups is 1. The Morgan fingerprint density at radius 3 is 2.50 bits per heavy atom. The van der Waals surface area contributed by atoms with Gasteiger partial charge in [0.05, 0.1) is 26.3 Å². The predicted molar refractivity (Wildman–Crippen MR) is 112 cm³/mol. The Labute approximate surface area is 178 Å². The van der Waals surface area contributed by atoms with E-state index in [1.807, 2.05) is 13.0 Å². The molecule has 0 aliphatic heterocycles. The summed E-state index contributed by atoms with van der Waals surface area (Å²) in [4.78, 5) is 12.4. The van der Waals surface area contributed by atoms with Gasteiger partial charge in [-0.3, -0.25) is 4.79 Å². The van der Waals surface area contributed by atoms with E-state index in [1.54, 1.807) is 24.3 Å². The quantitative estimate of drug-likeness (QED) is 0.365. The molecule has 2 aromatic rings. The van der Waals surface area contributed by atoms with Gasteiger partial charge < -0.3 is 10.1 Å². The van der Waals surface area contributed by atoms with E-state index in [1.165, 1.54) is 12.1 Å². The zero-order chi connectivity index (χ0) is 19.3. The highest BCUT2D eigenvalue weighted by molar-refractivity contribution is 9.11. The van der Waals surface area contributed by atoms with Crippen molar-refractivity contribution < 1.29 is 9.53 Å². The molecule has 0 heterocycles. The molecule has 0 saturated heterocycles. The minimum atomic E-state index is -0.585. The molecule has 0 saturated carbocycles. The summed E-state index contributed by atoms with van der Waals surface area (Å²) >= 11 is 18.8. The summed E-state index contributed by atoms with van der Waals surface area (Å²) < 4.78 is 6.93. The number of carbonyl (C=O) groups excluding carboxylic acids is 1. The molecule has 1 N–H and O–H groups in total. The van der Waals surface area contributed by atoms with Crippen LogP contribution in [0.4, 0.5) is 5.69 Å². The standard InChI is InChI=1S/C18H12Br2Cl2N2O2/c1-2-26-17-13(19)6-10(7-14(17)20)5-11(9-23)18(25)24-16-8-12(21)3-4-15(16)22/h3-8H,2H2,1H3,(H,24,25)/b11-5-. The highest BCUT2D eigenvalue weighted by atomic mass is 79.9. The maximum atomic E-state index is 12.4. The van der Waals surface area contributed by atoms with E-state index in [2.05, 4.69) is 37.2 Å². The highest BCUT2D eigenvalue weighted by Crippen LogP contribution is 2.35. The summed E-state index contributed by atoms with van der Waals surface area (Å²) in [5, 5.41) is 12.7. The fourth-order valence-corrected chi connectivity index (χ4v) is 3.83. The summed E-state index contributed by atoms with van der Waals surface area (Å²) in [5.74, 6) is 0.0658. The van der Waals surface area contributed by atoms with Crippen LogP contribution in [0.15, 0.2) is 44.9 Å². The molecule has 1 amide bonds. The Bertz CT molecular complexity index is 901. The van der Waals surface area contributed by atoms with Gasteiger partial charge in [-0.15, -0.1) is 0 Å². The molecule has 0 spiro atoms. The summed E-state index contributed by atoms with van der Waals surface area (Å²) in [6.07, 6.45) is 1.47. The monoisotopic (exact) mass is 516 g/mol. The zero-order valence-corrected chi connectivity index (χ0v) is 18.1. The van der Waals surface area contributed by atoms with Crippen LogP contribution in [-0.4, -0.2) is 12.5 Å². The van der Waals surface area contributed by atoms with Crippen molar-refractivity contribution in [2.24, 2.45) is 0 Å². The van der Waals surface area contributed by atoms with Gasteiger partial charge in [0.2, 0.25) is 0 Å². The SMILES string of the molecule is CCOc1c(Br)cc(/C=C(/C#N)C(=O)Nc2cc(Cl)ccc2Cl)cc1Br. The summed E-state index contributed by atoms with van der Waals surface area (Å²) in [7, 11) is 0. The van der Waals surface area contributed by atoms with Gasteiger partial charge in [0.15, 0.2) is 0 Å². The zero-order valence-electron chi connectivity index (χ0n) is 13.4. The maximum absolute atomic E-state index is 12.4. The number of anilines is 1. The first-order valence-corrected chi connectivity index (χ1v) is 9.70. The summed E-state index contributed by atoms with van der Waals surface area (Å²) in [6, 6.07) is 10.1. The molecular weight excluding hydrogens is 507 g/mol. The van der Waals surface area contributed by atoms with Crippen molar-refractivity contribution in [3.63, 3.8) is 0 Å². The number of nitrogens with zero attached hydrogens (tertiary/aromatic N) is 1. The molecule has 26 heavy (non-hydrogen) atoms. The Morgan fingerprint density at radius 1 is 1.27 bits per heavy atom. The molecule has 0 aliphatic rings. The Morgan fingerprint density at radius 2 is 1.92 bits per heavy atom. The van der Waals surface area contributed by atoms with E-state index in [9.17, 15) is 10.1 Å². The van der Waals surface area contributed by atoms with E-state index in [0.717, 1.165) is 0 Å². The smallest absolute Gasteiger partial charge is 0.266 e. The molecule has 0 aliphatic carbocycles. The van der Waals surface area contributed by atoms with Crippen LogP contribution in [0.5, 0.6) is 5.75 Å². The minimum Gasteiger partial charge on any atom is -0.492 e. The molecule has 0 bridgehead atoms. The number of hydrogen-bond acceptors (Lipinski definition) is 3. The van der Waals surface area contributed by atoms with Crippen molar-refractivity contribution in [3.8, 4) is 11.8 Å². The second kappa shape index (κ2) is 9.43. The van der Waals surface area contributed by atoms with Gasteiger partial charge in [0, 0.05) is 5.02 Å². The molecular formula is C18H12Br2Cl2N2O2. The Balaban J connectivity index is 2.31. The first-order chi connectivity index (χ1) is 12.3. The van der Waals surface area contributed by atoms with Gasteiger partial charge in [0.1, 0.15) is 17.4 Å². The number of nitriles is 1. The molecule has 134 valence electrons. The molecule has 0 atom stereocenters. The minimum absolute atomic E-state index is 0.0796. The van der Waals surface area contributed by atoms with E-state index in [0.29, 0.717) is 42.6 Å². The van der Waals surface area contributed by atoms with E-state index in [4.69, 9.17) is 27.9 Å². The average Bonchev–Trinajstić information content (AvgIpc) is 2.59. The van der Waals surface area contributed by atoms with Gasteiger partial charge >= 0.3 is 0 Å². The summed E-state index contributed by atoms with van der Waals surface area (Å²) in [6.45, 7) is 2.39. The van der Waals surface area contributed by atoms with Crippen LogP contribution < -0.4 is 10.1 Å². The lowest BCUT2D eigenvalue weighted by molar-refractivity contribution is -0.112. The Kier molecular flexibility index (Phi) is 7.54. The number of ether oxygens (including phenoxy) is 1. The first kappa shape index (κ1) is 20.8. The molecule has 2 aromatic carbocycles. The number of rotatable bonds is 5. The largest absolute Gasteiger partial charge is 0.492 e. The van der Waals surface area contributed by atoms with Crippen molar-refractivity contribution in [3.05, 3.63) is 60.5 Å². The van der Waals surface area contributed by atoms with Crippen molar-refractivity contribution >= 4 is 72.7 Å². The van der Waals surface area contributed by atoms with Crippen LogP contribution in [0, 0.1) is 11.3 Å². The fraction of sp³-hybridized carbons (Fsp3) is 0.111. The average molecular weight is 519 g/mol. The third-order valence-electron chi connectivity index (χ3n) is 3.16. The molecule has 0 radical (unpaired) electrons. The van der Waals surface area contributed by atoms with Gasteiger partial charge in [-0.2, -0.15) is 5.26 Å². The second-order valence-electron chi connectivity index (χ2n) is 4.99. The Hall–Kier alpha value is -1.52. The van der Waals surface area contributed by atoms with E-state index >= 15 is 0 Å². The number of nitrogens with one attached hydrogen (secondary N) is 1. The van der Waals surface area contributed by atoms with Crippen LogP contribution >= 0.6 is 55.1 Å². The first-order valence-electron chi connectivity index (χ1n) is 7.35.